The highest BCUT2D eigenvalue weighted by molar-refractivity contribution is 7.80. The molecule has 2 N–H and O–H groups in total. The highest BCUT2D eigenvalue weighted by Crippen LogP contribution is 2.20. The number of benzene rings is 2. The predicted molar refractivity (Wildman–Crippen MR) is 139 cm³/mol. The van der Waals surface area contributed by atoms with E-state index in [1.54, 1.807) is 17.0 Å². The van der Waals surface area contributed by atoms with Gasteiger partial charge in [-0.05, 0) is 85.7 Å². The van der Waals surface area contributed by atoms with E-state index in [1.807, 2.05) is 56.3 Å². The number of ether oxygens (including phenoxy) is 1. The van der Waals surface area contributed by atoms with Crippen molar-refractivity contribution in [1.82, 2.24) is 10.2 Å². The fourth-order valence-electron chi connectivity index (χ4n) is 3.76. The molecule has 0 aliphatic carbocycles. The SMILES string of the molecule is Cc1ccc(OCC(=O)NC(=S)Nc2ccc(N3CCN(C(=O)c4ccco4)CC3)cc2)cc1C. The Morgan fingerprint density at radius 1 is 1.00 bits per heavy atom. The number of nitrogens with zero attached hydrogens (tertiary/aromatic N) is 2. The number of amides is 2. The molecule has 3 aromatic rings. The van der Waals surface area contributed by atoms with Gasteiger partial charge in [-0.3, -0.25) is 14.9 Å². The van der Waals surface area contributed by atoms with Crippen LogP contribution in [0.3, 0.4) is 0 Å². The summed E-state index contributed by atoms with van der Waals surface area (Å²) in [5, 5.41) is 5.85. The van der Waals surface area contributed by atoms with Crippen LogP contribution in [0.15, 0.2) is 65.3 Å². The number of anilines is 2. The first-order chi connectivity index (χ1) is 16.9. The number of hydrogen-bond acceptors (Lipinski definition) is 6. The summed E-state index contributed by atoms with van der Waals surface area (Å²) in [7, 11) is 0. The number of furan rings is 1. The third-order valence-corrected chi connectivity index (χ3v) is 6.09. The topological polar surface area (TPSA) is 87.0 Å². The van der Waals surface area contributed by atoms with Crippen molar-refractivity contribution in [2.45, 2.75) is 13.8 Å². The number of nitrogens with one attached hydrogen (secondary N) is 2. The number of piperazine rings is 1. The van der Waals surface area contributed by atoms with Gasteiger partial charge in [-0.1, -0.05) is 6.07 Å². The van der Waals surface area contributed by atoms with Gasteiger partial charge in [-0.2, -0.15) is 0 Å². The van der Waals surface area contributed by atoms with Gasteiger partial charge >= 0.3 is 0 Å². The molecule has 1 aliphatic heterocycles. The molecule has 9 heteroatoms. The Kier molecular flexibility index (Phi) is 7.67. The second-order valence-corrected chi connectivity index (χ2v) is 8.75. The van der Waals surface area contributed by atoms with Gasteiger partial charge in [-0.25, -0.2) is 0 Å². The molecule has 4 rings (SSSR count). The second kappa shape index (κ2) is 11.1. The van der Waals surface area contributed by atoms with Crippen molar-refractivity contribution < 1.29 is 18.7 Å². The normalized spacial score (nSPS) is 13.3. The molecule has 1 saturated heterocycles. The van der Waals surface area contributed by atoms with E-state index in [1.165, 1.54) is 11.8 Å². The van der Waals surface area contributed by atoms with Gasteiger partial charge < -0.3 is 24.3 Å². The molecule has 0 atom stereocenters. The van der Waals surface area contributed by atoms with Crippen molar-refractivity contribution in [3.63, 3.8) is 0 Å². The van der Waals surface area contributed by atoms with E-state index >= 15 is 0 Å². The van der Waals surface area contributed by atoms with E-state index in [4.69, 9.17) is 21.4 Å². The Balaban J connectivity index is 1.21. The summed E-state index contributed by atoms with van der Waals surface area (Å²) >= 11 is 5.26. The average Bonchev–Trinajstić information content (AvgIpc) is 3.40. The van der Waals surface area contributed by atoms with Crippen LogP contribution in [-0.2, 0) is 4.79 Å². The van der Waals surface area contributed by atoms with Crippen LogP contribution in [0.25, 0.3) is 0 Å². The Bertz CT molecular complexity index is 1190. The molecule has 0 spiro atoms. The van der Waals surface area contributed by atoms with Crippen molar-refractivity contribution in [2.24, 2.45) is 0 Å². The Morgan fingerprint density at radius 3 is 2.40 bits per heavy atom. The van der Waals surface area contributed by atoms with E-state index in [-0.39, 0.29) is 23.5 Å². The van der Waals surface area contributed by atoms with Crippen molar-refractivity contribution >= 4 is 40.5 Å². The Labute approximate surface area is 209 Å². The maximum absolute atomic E-state index is 12.4. The minimum atomic E-state index is -0.334. The lowest BCUT2D eigenvalue weighted by Gasteiger charge is -2.35. The third-order valence-electron chi connectivity index (χ3n) is 5.89. The van der Waals surface area contributed by atoms with Crippen LogP contribution >= 0.6 is 12.2 Å². The number of hydrogen-bond donors (Lipinski definition) is 2. The van der Waals surface area contributed by atoms with Crippen LogP contribution in [0.5, 0.6) is 5.75 Å². The Morgan fingerprint density at radius 2 is 1.74 bits per heavy atom. The first kappa shape index (κ1) is 24.3. The Hall–Kier alpha value is -3.85. The van der Waals surface area contributed by atoms with Gasteiger partial charge in [0.15, 0.2) is 17.5 Å². The van der Waals surface area contributed by atoms with E-state index in [0.29, 0.717) is 24.6 Å². The maximum Gasteiger partial charge on any atom is 0.289 e. The molecule has 0 radical (unpaired) electrons. The smallest absolute Gasteiger partial charge is 0.289 e. The van der Waals surface area contributed by atoms with Gasteiger partial charge in [0.1, 0.15) is 5.75 Å². The van der Waals surface area contributed by atoms with Crippen LogP contribution in [0.2, 0.25) is 0 Å². The molecule has 2 amide bonds. The first-order valence-corrected chi connectivity index (χ1v) is 11.8. The molecule has 0 bridgehead atoms. The van der Waals surface area contributed by atoms with E-state index < -0.39 is 0 Å². The molecular formula is C26H28N4O4S. The molecule has 182 valence electrons. The van der Waals surface area contributed by atoms with Crippen LogP contribution < -0.4 is 20.3 Å². The molecular weight excluding hydrogens is 464 g/mol. The van der Waals surface area contributed by atoms with Crippen LogP contribution in [0, 0.1) is 13.8 Å². The predicted octanol–water partition coefficient (Wildman–Crippen LogP) is 3.75. The standard InChI is InChI=1S/C26H28N4O4S/c1-18-5-10-22(16-19(18)2)34-17-24(31)28-26(35)27-20-6-8-21(9-7-20)29-11-13-30(14-12-29)25(32)23-4-3-15-33-23/h3-10,15-16H,11-14,17H2,1-2H3,(H2,27,28,31,35). The first-order valence-electron chi connectivity index (χ1n) is 11.4. The molecule has 35 heavy (non-hydrogen) atoms. The fourth-order valence-corrected chi connectivity index (χ4v) is 3.99. The van der Waals surface area contributed by atoms with Crippen LogP contribution in [0.4, 0.5) is 11.4 Å². The number of aryl methyl sites for hydroxylation is 2. The van der Waals surface area contributed by atoms with Crippen LogP contribution in [0.1, 0.15) is 21.7 Å². The lowest BCUT2D eigenvalue weighted by atomic mass is 10.1. The van der Waals surface area contributed by atoms with Crippen molar-refractivity contribution in [2.75, 3.05) is 43.0 Å². The average molecular weight is 493 g/mol. The molecule has 2 aromatic carbocycles. The van der Waals surface area contributed by atoms with Gasteiger partial charge in [-0.15, -0.1) is 0 Å². The van der Waals surface area contributed by atoms with Crippen molar-refractivity contribution in [1.29, 1.82) is 0 Å². The fraction of sp³-hybridized carbons (Fsp3) is 0.269. The summed E-state index contributed by atoms with van der Waals surface area (Å²) in [4.78, 5) is 28.6. The molecule has 0 unspecified atom stereocenters. The number of carbonyl (C=O) groups is 2. The molecule has 1 aliphatic rings. The van der Waals surface area contributed by atoms with E-state index in [0.717, 1.165) is 30.0 Å². The van der Waals surface area contributed by atoms with E-state index in [9.17, 15) is 9.59 Å². The number of carbonyl (C=O) groups excluding carboxylic acids is 2. The molecule has 2 heterocycles. The van der Waals surface area contributed by atoms with Gasteiger partial charge in [0.05, 0.1) is 6.26 Å². The lowest BCUT2D eigenvalue weighted by Crippen LogP contribution is -2.48. The molecule has 0 saturated carbocycles. The minimum absolute atomic E-state index is 0.0795. The van der Waals surface area contributed by atoms with Gasteiger partial charge in [0.25, 0.3) is 11.8 Å². The highest BCUT2D eigenvalue weighted by atomic mass is 32.1. The van der Waals surface area contributed by atoms with Crippen molar-refractivity contribution in [3.05, 3.63) is 77.7 Å². The van der Waals surface area contributed by atoms with Crippen molar-refractivity contribution in [3.8, 4) is 5.75 Å². The summed E-state index contributed by atoms with van der Waals surface area (Å²) in [6, 6.07) is 16.9. The number of thiocarbonyl (C=S) groups is 1. The van der Waals surface area contributed by atoms with Crippen LogP contribution in [-0.4, -0.2) is 54.6 Å². The third kappa shape index (κ3) is 6.39. The molecule has 1 aromatic heterocycles. The quantitative estimate of drug-likeness (QED) is 0.507. The largest absolute Gasteiger partial charge is 0.484 e. The maximum atomic E-state index is 12.4. The zero-order valence-corrected chi connectivity index (χ0v) is 20.6. The highest BCUT2D eigenvalue weighted by Gasteiger charge is 2.23. The molecule has 1 fully saturated rings. The minimum Gasteiger partial charge on any atom is -0.484 e. The van der Waals surface area contributed by atoms with Gasteiger partial charge in [0.2, 0.25) is 0 Å². The summed E-state index contributed by atoms with van der Waals surface area (Å²) in [5.74, 6) is 0.598. The second-order valence-electron chi connectivity index (χ2n) is 8.34. The molecule has 8 nitrogen and oxygen atoms in total. The summed E-state index contributed by atoms with van der Waals surface area (Å²) in [6.45, 7) is 6.60. The number of rotatable bonds is 6. The monoisotopic (exact) mass is 492 g/mol. The van der Waals surface area contributed by atoms with Gasteiger partial charge in [0, 0.05) is 37.6 Å². The summed E-state index contributed by atoms with van der Waals surface area (Å²) in [5.41, 5.74) is 4.09. The summed E-state index contributed by atoms with van der Waals surface area (Å²) < 4.78 is 10.8. The van der Waals surface area contributed by atoms with E-state index in [2.05, 4.69) is 15.5 Å². The zero-order chi connectivity index (χ0) is 24.8. The zero-order valence-electron chi connectivity index (χ0n) is 19.7. The lowest BCUT2D eigenvalue weighted by molar-refractivity contribution is -0.121. The summed E-state index contributed by atoms with van der Waals surface area (Å²) in [6.07, 6.45) is 1.51.